The van der Waals surface area contributed by atoms with E-state index in [1.807, 2.05) is 0 Å². The highest BCUT2D eigenvalue weighted by Crippen LogP contribution is 2.34. The highest BCUT2D eigenvalue weighted by Gasteiger charge is 2.40. The number of carboxylic acids is 1. The Kier molecular flexibility index (Phi) is 4.54. The van der Waals surface area contributed by atoms with Crippen molar-refractivity contribution in [3.05, 3.63) is 63.3 Å². The van der Waals surface area contributed by atoms with Gasteiger partial charge in [-0.25, -0.2) is 9.18 Å². The molecule has 2 rings (SSSR count). The molecule has 0 aliphatic heterocycles. The molecular weight excluding hydrogens is 363 g/mol. The summed E-state index contributed by atoms with van der Waals surface area (Å²) in [6, 6.07) is 10.5. The molecule has 2 aromatic carbocycles. The van der Waals surface area contributed by atoms with E-state index in [-0.39, 0.29) is 10.6 Å². The van der Waals surface area contributed by atoms with E-state index < -0.39 is 17.4 Å². The van der Waals surface area contributed by atoms with Crippen LogP contribution in [0, 0.1) is 5.82 Å². The molecule has 21 heavy (non-hydrogen) atoms. The van der Waals surface area contributed by atoms with Crippen LogP contribution in [0.4, 0.5) is 4.39 Å². The summed E-state index contributed by atoms with van der Waals surface area (Å²) in [6.45, 7) is 1.29. The number of rotatable bonds is 4. The first-order valence-corrected chi connectivity index (χ1v) is 7.14. The largest absolute Gasteiger partial charge is 0.478 e. The van der Waals surface area contributed by atoms with Crippen molar-refractivity contribution in [3.8, 4) is 5.75 Å². The molecule has 110 valence electrons. The van der Waals surface area contributed by atoms with Crippen molar-refractivity contribution in [2.75, 3.05) is 0 Å². The molecule has 1 N–H and O–H groups in total. The molecule has 2 aromatic rings. The van der Waals surface area contributed by atoms with E-state index in [9.17, 15) is 14.3 Å². The Labute approximate surface area is 134 Å². The van der Waals surface area contributed by atoms with Gasteiger partial charge < -0.3 is 9.84 Å². The average molecular weight is 374 g/mol. The Morgan fingerprint density at radius 2 is 2.00 bits per heavy atom. The van der Waals surface area contributed by atoms with E-state index in [0.29, 0.717) is 10.2 Å². The van der Waals surface area contributed by atoms with E-state index in [2.05, 4.69) is 15.9 Å². The van der Waals surface area contributed by atoms with Gasteiger partial charge in [-0.15, -0.1) is 0 Å². The van der Waals surface area contributed by atoms with Crippen LogP contribution >= 0.6 is 27.5 Å². The number of carbonyl (C=O) groups is 1. The fourth-order valence-corrected chi connectivity index (χ4v) is 2.36. The summed E-state index contributed by atoms with van der Waals surface area (Å²) < 4.78 is 20.2. The van der Waals surface area contributed by atoms with E-state index >= 15 is 0 Å². The van der Waals surface area contributed by atoms with Crippen LogP contribution in [-0.4, -0.2) is 11.1 Å². The lowest BCUT2D eigenvalue weighted by Gasteiger charge is -2.27. The van der Waals surface area contributed by atoms with Gasteiger partial charge >= 0.3 is 5.97 Å². The number of para-hydroxylation sites is 1. The van der Waals surface area contributed by atoms with Gasteiger partial charge in [-0.2, -0.15) is 0 Å². The molecule has 0 spiro atoms. The normalized spacial score (nSPS) is 13.5. The molecule has 0 amide bonds. The topological polar surface area (TPSA) is 46.5 Å². The molecule has 0 fully saturated rings. The molecule has 0 radical (unpaired) electrons. The molecule has 0 aliphatic rings. The van der Waals surface area contributed by atoms with Crippen molar-refractivity contribution in [3.63, 3.8) is 0 Å². The summed E-state index contributed by atoms with van der Waals surface area (Å²) in [6.07, 6.45) is 0. The van der Waals surface area contributed by atoms with Crippen LogP contribution in [0.25, 0.3) is 0 Å². The molecule has 0 saturated carbocycles. The van der Waals surface area contributed by atoms with Crippen molar-refractivity contribution in [1.82, 2.24) is 0 Å². The van der Waals surface area contributed by atoms with Crippen LogP contribution in [0.3, 0.4) is 0 Å². The zero-order chi connectivity index (χ0) is 15.6. The molecular formula is C15H11BrClFO3. The monoisotopic (exact) mass is 372 g/mol. The number of hydrogen-bond acceptors (Lipinski definition) is 2. The minimum atomic E-state index is -1.88. The Morgan fingerprint density at radius 1 is 1.33 bits per heavy atom. The number of carboxylic acid groups (broad SMARTS) is 1. The number of ether oxygens (including phenoxy) is 1. The summed E-state index contributed by atoms with van der Waals surface area (Å²) >= 11 is 8.96. The highest BCUT2D eigenvalue weighted by molar-refractivity contribution is 9.10. The quantitative estimate of drug-likeness (QED) is 0.850. The molecule has 6 heteroatoms. The van der Waals surface area contributed by atoms with E-state index in [1.165, 1.54) is 19.1 Å². The third-order valence-corrected chi connectivity index (χ3v) is 3.89. The van der Waals surface area contributed by atoms with Crippen LogP contribution in [0.15, 0.2) is 46.9 Å². The Bertz CT molecular complexity index is 692. The van der Waals surface area contributed by atoms with Crippen LogP contribution in [0.5, 0.6) is 5.75 Å². The number of hydrogen-bond donors (Lipinski definition) is 1. The molecule has 0 saturated heterocycles. The van der Waals surface area contributed by atoms with Crippen LogP contribution in [-0.2, 0) is 10.4 Å². The summed E-state index contributed by atoms with van der Waals surface area (Å²) in [7, 11) is 0. The van der Waals surface area contributed by atoms with Gasteiger partial charge in [0, 0.05) is 10.6 Å². The maximum atomic E-state index is 14.1. The lowest BCUT2D eigenvalue weighted by atomic mass is 9.95. The second kappa shape index (κ2) is 6.03. The zero-order valence-electron chi connectivity index (χ0n) is 10.9. The fraction of sp³-hybridized carbons (Fsp3) is 0.133. The van der Waals surface area contributed by atoms with Crippen molar-refractivity contribution in [1.29, 1.82) is 0 Å². The second-order valence-electron chi connectivity index (χ2n) is 4.50. The van der Waals surface area contributed by atoms with Gasteiger partial charge in [0.05, 0.1) is 4.47 Å². The first-order valence-electron chi connectivity index (χ1n) is 5.97. The molecule has 1 unspecified atom stereocenters. The average Bonchev–Trinajstić information content (AvgIpc) is 2.41. The first kappa shape index (κ1) is 15.8. The van der Waals surface area contributed by atoms with Gasteiger partial charge in [-0.1, -0.05) is 23.7 Å². The Balaban J connectivity index is 2.51. The Hall–Kier alpha value is -1.59. The molecule has 1 atom stereocenters. The minimum absolute atomic E-state index is 0.102. The van der Waals surface area contributed by atoms with Gasteiger partial charge in [0.15, 0.2) is 0 Å². The zero-order valence-corrected chi connectivity index (χ0v) is 13.3. The third kappa shape index (κ3) is 3.19. The van der Waals surface area contributed by atoms with Gasteiger partial charge in [-0.3, -0.25) is 0 Å². The molecule has 3 nitrogen and oxygen atoms in total. The molecule has 0 aromatic heterocycles. The fourth-order valence-electron chi connectivity index (χ4n) is 1.84. The van der Waals surface area contributed by atoms with Gasteiger partial charge in [0.1, 0.15) is 11.6 Å². The van der Waals surface area contributed by atoms with Gasteiger partial charge in [0.2, 0.25) is 5.60 Å². The number of aliphatic carboxylic acids is 1. The third-order valence-electron chi connectivity index (χ3n) is 3.00. The lowest BCUT2D eigenvalue weighted by Crippen LogP contribution is -2.39. The number of benzene rings is 2. The summed E-state index contributed by atoms with van der Waals surface area (Å²) in [5, 5.41) is 9.68. The molecule has 0 aliphatic carbocycles. The van der Waals surface area contributed by atoms with Crippen LogP contribution in [0.1, 0.15) is 12.5 Å². The summed E-state index contributed by atoms with van der Waals surface area (Å²) in [5.41, 5.74) is -1.98. The standard InChI is InChI=1S/C15H11BrClFO3/c1-15(14(19)20,10-7-6-9(17)8-12(10)18)21-13-5-3-2-4-11(13)16/h2-8H,1H3,(H,19,20). The van der Waals surface area contributed by atoms with Crippen molar-refractivity contribution < 1.29 is 19.0 Å². The SMILES string of the molecule is CC(Oc1ccccc1Br)(C(=O)O)c1ccc(Cl)cc1F. The summed E-state index contributed by atoms with van der Waals surface area (Å²) in [4.78, 5) is 11.6. The van der Waals surface area contributed by atoms with Crippen LogP contribution in [0.2, 0.25) is 5.02 Å². The minimum Gasteiger partial charge on any atom is -0.478 e. The van der Waals surface area contributed by atoms with E-state index in [4.69, 9.17) is 16.3 Å². The van der Waals surface area contributed by atoms with Crippen molar-refractivity contribution in [2.45, 2.75) is 12.5 Å². The predicted octanol–water partition coefficient (Wildman–Crippen LogP) is 4.62. The molecule has 0 bridgehead atoms. The Morgan fingerprint density at radius 3 is 2.57 bits per heavy atom. The van der Waals surface area contributed by atoms with Crippen molar-refractivity contribution >= 4 is 33.5 Å². The maximum absolute atomic E-state index is 14.1. The van der Waals surface area contributed by atoms with Gasteiger partial charge in [0.25, 0.3) is 0 Å². The molecule has 0 heterocycles. The van der Waals surface area contributed by atoms with E-state index in [1.54, 1.807) is 24.3 Å². The predicted molar refractivity (Wildman–Crippen MR) is 81.2 cm³/mol. The first-order chi connectivity index (χ1) is 9.84. The van der Waals surface area contributed by atoms with Crippen molar-refractivity contribution in [2.24, 2.45) is 0 Å². The van der Waals surface area contributed by atoms with Crippen LogP contribution < -0.4 is 4.74 Å². The van der Waals surface area contributed by atoms with Gasteiger partial charge in [-0.05, 0) is 53.2 Å². The maximum Gasteiger partial charge on any atom is 0.352 e. The second-order valence-corrected chi connectivity index (χ2v) is 5.79. The smallest absolute Gasteiger partial charge is 0.352 e. The lowest BCUT2D eigenvalue weighted by molar-refractivity contribution is -0.155. The van der Waals surface area contributed by atoms with E-state index in [0.717, 1.165) is 6.07 Å². The number of halogens is 3. The highest BCUT2D eigenvalue weighted by atomic mass is 79.9. The summed E-state index contributed by atoms with van der Waals surface area (Å²) in [5.74, 6) is -1.74.